The molecular weight excluding hydrogens is 292 g/mol. The van der Waals surface area contributed by atoms with E-state index in [1.54, 1.807) is 14.1 Å². The molecule has 0 saturated heterocycles. The minimum absolute atomic E-state index is 0.0386. The smallest absolute Gasteiger partial charge is 0.243 e. The molecule has 0 fully saturated rings. The lowest BCUT2D eigenvalue weighted by atomic mass is 10.1. The van der Waals surface area contributed by atoms with Gasteiger partial charge in [0, 0.05) is 27.2 Å². The first kappa shape index (κ1) is 19.0. The summed E-state index contributed by atoms with van der Waals surface area (Å²) < 4.78 is 5.32. The molecule has 1 amide bonds. The Morgan fingerprint density at radius 1 is 1.30 bits per heavy atom. The number of nitrogens with one attached hydrogen (secondary N) is 2. The molecule has 0 aliphatic carbocycles. The van der Waals surface area contributed by atoms with Crippen LogP contribution >= 0.6 is 0 Å². The molecule has 0 aromatic heterocycles. The molecule has 0 aliphatic heterocycles. The van der Waals surface area contributed by atoms with Gasteiger partial charge in [-0.2, -0.15) is 0 Å². The average Bonchev–Trinajstić information content (AvgIpc) is 2.56. The van der Waals surface area contributed by atoms with Gasteiger partial charge in [-0.25, -0.2) is 4.99 Å². The highest BCUT2D eigenvalue weighted by Gasteiger charge is 2.09. The summed E-state index contributed by atoms with van der Waals surface area (Å²) in [6.45, 7) is 6.04. The van der Waals surface area contributed by atoms with E-state index >= 15 is 0 Å². The number of ether oxygens (including phenoxy) is 1. The molecule has 23 heavy (non-hydrogen) atoms. The number of amides is 1. The Bertz CT molecular complexity index is 489. The van der Waals surface area contributed by atoms with Gasteiger partial charge in [0.15, 0.2) is 5.96 Å². The van der Waals surface area contributed by atoms with Gasteiger partial charge >= 0.3 is 0 Å². The van der Waals surface area contributed by atoms with Crippen molar-refractivity contribution >= 4 is 11.9 Å². The Hall–Kier alpha value is -2.08. The number of aliphatic imine (C=N–C) groups is 1. The summed E-state index contributed by atoms with van der Waals surface area (Å²) in [5.41, 5.74) is 1.16. The number of guanidine groups is 1. The van der Waals surface area contributed by atoms with Crippen molar-refractivity contribution in [2.75, 3.05) is 40.4 Å². The molecule has 1 aromatic rings. The predicted molar refractivity (Wildman–Crippen MR) is 93.5 cm³/mol. The first-order chi connectivity index (χ1) is 11.0. The number of nitrogens with zero attached hydrogens (tertiary/aromatic N) is 2. The second-order valence-electron chi connectivity index (χ2n) is 5.35. The summed E-state index contributed by atoms with van der Waals surface area (Å²) in [5.74, 6) is 0.569. The standard InChI is InChI=1S/C17H28N4O2/c1-5-23-12-11-18-17(19-13-16(22)21(3)4)20-14(2)15-9-7-6-8-10-15/h6-10,14H,5,11-13H2,1-4H3,(H2,18,19,20). The first-order valence-corrected chi connectivity index (χ1v) is 7.92. The lowest BCUT2D eigenvalue weighted by Crippen LogP contribution is -2.41. The highest BCUT2D eigenvalue weighted by Crippen LogP contribution is 2.10. The van der Waals surface area contributed by atoms with E-state index in [4.69, 9.17) is 4.74 Å². The quantitative estimate of drug-likeness (QED) is 0.432. The normalized spacial score (nSPS) is 12.6. The topological polar surface area (TPSA) is 66.0 Å². The fraction of sp³-hybridized carbons (Fsp3) is 0.529. The highest BCUT2D eigenvalue weighted by molar-refractivity contribution is 5.85. The van der Waals surface area contributed by atoms with Crippen LogP contribution in [-0.4, -0.2) is 57.2 Å². The fourth-order valence-electron chi connectivity index (χ4n) is 1.86. The lowest BCUT2D eigenvalue weighted by molar-refractivity contribution is -0.127. The molecule has 0 bridgehead atoms. The van der Waals surface area contributed by atoms with Gasteiger partial charge in [0.05, 0.1) is 12.6 Å². The van der Waals surface area contributed by atoms with Gasteiger partial charge in [0.1, 0.15) is 6.54 Å². The van der Waals surface area contributed by atoms with Crippen molar-refractivity contribution in [2.24, 2.45) is 4.99 Å². The van der Waals surface area contributed by atoms with Crippen molar-refractivity contribution in [3.63, 3.8) is 0 Å². The third kappa shape index (κ3) is 7.65. The molecule has 6 heteroatoms. The van der Waals surface area contributed by atoms with Gasteiger partial charge in [-0.1, -0.05) is 30.3 Å². The van der Waals surface area contributed by atoms with Gasteiger partial charge in [-0.3, -0.25) is 4.79 Å². The summed E-state index contributed by atoms with van der Waals surface area (Å²) in [5, 5.41) is 6.51. The van der Waals surface area contributed by atoms with Crippen LogP contribution in [0.5, 0.6) is 0 Å². The number of hydrogen-bond donors (Lipinski definition) is 2. The number of carbonyl (C=O) groups is 1. The van der Waals surface area contributed by atoms with Gasteiger partial charge in [-0.15, -0.1) is 0 Å². The predicted octanol–water partition coefficient (Wildman–Crippen LogP) is 1.41. The lowest BCUT2D eigenvalue weighted by Gasteiger charge is -2.19. The summed E-state index contributed by atoms with van der Waals surface area (Å²) in [4.78, 5) is 17.6. The summed E-state index contributed by atoms with van der Waals surface area (Å²) >= 11 is 0. The maximum atomic E-state index is 11.7. The van der Waals surface area contributed by atoms with Crippen molar-refractivity contribution in [1.82, 2.24) is 15.5 Å². The van der Waals surface area contributed by atoms with Crippen LogP contribution in [0.4, 0.5) is 0 Å². The van der Waals surface area contributed by atoms with Crippen molar-refractivity contribution in [2.45, 2.75) is 19.9 Å². The van der Waals surface area contributed by atoms with E-state index in [0.29, 0.717) is 25.7 Å². The summed E-state index contributed by atoms with van der Waals surface area (Å²) in [7, 11) is 3.44. The SMILES string of the molecule is CCOCCNC(=NCC(=O)N(C)C)NC(C)c1ccccc1. The molecule has 6 nitrogen and oxygen atoms in total. The molecule has 0 aliphatic rings. The van der Waals surface area contributed by atoms with E-state index in [9.17, 15) is 4.79 Å². The molecular formula is C17H28N4O2. The van der Waals surface area contributed by atoms with E-state index < -0.39 is 0 Å². The maximum absolute atomic E-state index is 11.7. The van der Waals surface area contributed by atoms with Crippen LogP contribution in [0.2, 0.25) is 0 Å². The molecule has 0 heterocycles. The minimum atomic E-state index is -0.0386. The Morgan fingerprint density at radius 3 is 2.61 bits per heavy atom. The maximum Gasteiger partial charge on any atom is 0.243 e. The van der Waals surface area contributed by atoms with Crippen LogP contribution in [0, 0.1) is 0 Å². The Labute approximate surface area is 138 Å². The molecule has 0 radical (unpaired) electrons. The average molecular weight is 320 g/mol. The Morgan fingerprint density at radius 2 is 2.00 bits per heavy atom. The monoisotopic (exact) mass is 320 g/mol. The number of likely N-dealkylation sites (N-methyl/N-ethyl adjacent to an activating group) is 1. The number of rotatable bonds is 8. The molecule has 128 valence electrons. The van der Waals surface area contributed by atoms with Crippen LogP contribution in [0.1, 0.15) is 25.5 Å². The summed E-state index contributed by atoms with van der Waals surface area (Å²) in [6.07, 6.45) is 0. The van der Waals surface area contributed by atoms with Crippen molar-refractivity contribution in [1.29, 1.82) is 0 Å². The zero-order valence-corrected chi connectivity index (χ0v) is 14.5. The molecule has 0 saturated carbocycles. The number of hydrogen-bond acceptors (Lipinski definition) is 3. The van der Waals surface area contributed by atoms with Crippen LogP contribution in [0.3, 0.4) is 0 Å². The summed E-state index contributed by atoms with van der Waals surface area (Å²) in [6, 6.07) is 10.2. The van der Waals surface area contributed by atoms with Gasteiger partial charge in [0.2, 0.25) is 5.91 Å². The van der Waals surface area contributed by atoms with Gasteiger partial charge in [0.25, 0.3) is 0 Å². The second kappa shape index (κ2) is 10.6. The van der Waals surface area contributed by atoms with Gasteiger partial charge < -0.3 is 20.3 Å². The molecule has 1 rings (SSSR count). The van der Waals surface area contributed by atoms with Crippen molar-refractivity contribution in [3.05, 3.63) is 35.9 Å². The van der Waals surface area contributed by atoms with E-state index in [1.165, 1.54) is 4.90 Å². The highest BCUT2D eigenvalue weighted by atomic mass is 16.5. The first-order valence-electron chi connectivity index (χ1n) is 7.92. The minimum Gasteiger partial charge on any atom is -0.380 e. The molecule has 1 aromatic carbocycles. The van der Waals surface area contributed by atoms with Crippen molar-refractivity contribution in [3.8, 4) is 0 Å². The fourth-order valence-corrected chi connectivity index (χ4v) is 1.86. The molecule has 1 unspecified atom stereocenters. The zero-order chi connectivity index (χ0) is 17.1. The van der Waals surface area contributed by atoms with Gasteiger partial charge in [-0.05, 0) is 19.4 Å². The van der Waals surface area contributed by atoms with Crippen LogP contribution < -0.4 is 10.6 Å². The van der Waals surface area contributed by atoms with E-state index in [2.05, 4.69) is 34.7 Å². The molecule has 0 spiro atoms. The Balaban J connectivity index is 2.65. The molecule has 1 atom stereocenters. The Kier molecular flexibility index (Phi) is 8.75. The molecule has 2 N–H and O–H groups in total. The zero-order valence-electron chi connectivity index (χ0n) is 14.5. The number of benzene rings is 1. The van der Waals surface area contributed by atoms with Crippen LogP contribution in [-0.2, 0) is 9.53 Å². The third-order valence-corrected chi connectivity index (χ3v) is 3.27. The van der Waals surface area contributed by atoms with Crippen LogP contribution in [0.25, 0.3) is 0 Å². The van der Waals surface area contributed by atoms with E-state index in [0.717, 1.165) is 5.56 Å². The van der Waals surface area contributed by atoms with E-state index in [1.807, 2.05) is 25.1 Å². The van der Waals surface area contributed by atoms with Crippen LogP contribution in [0.15, 0.2) is 35.3 Å². The van der Waals surface area contributed by atoms with Crippen molar-refractivity contribution < 1.29 is 9.53 Å². The largest absolute Gasteiger partial charge is 0.380 e. The van der Waals surface area contributed by atoms with E-state index in [-0.39, 0.29) is 18.5 Å². The third-order valence-electron chi connectivity index (χ3n) is 3.27. The number of carbonyl (C=O) groups excluding carboxylic acids is 1. The second-order valence-corrected chi connectivity index (χ2v) is 5.35.